The Morgan fingerprint density at radius 1 is 1.24 bits per heavy atom. The van der Waals surface area contributed by atoms with Crippen LogP contribution in [0.1, 0.15) is 20.0 Å². The highest BCUT2D eigenvalue weighted by Crippen LogP contribution is 2.23. The lowest BCUT2D eigenvalue weighted by Crippen LogP contribution is -2.18. The number of aromatic carboxylic acids is 1. The number of thiophene rings is 1. The van der Waals surface area contributed by atoms with E-state index in [9.17, 15) is 18.0 Å². The zero-order valence-electron chi connectivity index (χ0n) is 10.4. The van der Waals surface area contributed by atoms with Crippen molar-refractivity contribution >= 4 is 38.9 Å². The van der Waals surface area contributed by atoms with E-state index in [-0.39, 0.29) is 21.0 Å². The standard InChI is InChI=1S/C12H10N2O5S2/c13-11(15)8-3-1-2-4-9(8)14-21(18,19)7-5-10(12(16)17)20-6-7/h1-6,14H,(H2,13,15)(H,16,17). The number of nitrogens with one attached hydrogen (secondary N) is 1. The number of amides is 1. The second-order valence-corrected chi connectivity index (χ2v) is 6.56. The van der Waals surface area contributed by atoms with Crippen molar-refractivity contribution in [2.45, 2.75) is 4.90 Å². The van der Waals surface area contributed by atoms with Crippen LogP contribution in [0.15, 0.2) is 40.6 Å². The number of hydrogen-bond acceptors (Lipinski definition) is 5. The van der Waals surface area contributed by atoms with E-state index in [2.05, 4.69) is 4.72 Å². The van der Waals surface area contributed by atoms with Crippen molar-refractivity contribution in [1.29, 1.82) is 0 Å². The SMILES string of the molecule is NC(=O)c1ccccc1NS(=O)(=O)c1csc(C(=O)O)c1. The molecule has 9 heteroatoms. The molecule has 1 aromatic carbocycles. The molecule has 2 rings (SSSR count). The van der Waals surface area contributed by atoms with Crippen molar-refractivity contribution in [2.24, 2.45) is 5.73 Å². The van der Waals surface area contributed by atoms with E-state index in [1.54, 1.807) is 12.1 Å². The molecule has 2 aromatic rings. The summed E-state index contributed by atoms with van der Waals surface area (Å²) in [6, 6.07) is 6.91. The molecule has 21 heavy (non-hydrogen) atoms. The molecule has 110 valence electrons. The van der Waals surface area contributed by atoms with Crippen LogP contribution in [-0.2, 0) is 10.0 Å². The lowest BCUT2D eigenvalue weighted by Gasteiger charge is -2.09. The number of carboxylic acid groups (broad SMARTS) is 1. The Kier molecular flexibility index (Phi) is 3.96. The van der Waals surface area contributed by atoms with E-state index in [4.69, 9.17) is 10.8 Å². The number of carboxylic acids is 1. The number of para-hydroxylation sites is 1. The first-order chi connectivity index (χ1) is 9.81. The van der Waals surface area contributed by atoms with Gasteiger partial charge >= 0.3 is 5.97 Å². The van der Waals surface area contributed by atoms with E-state index in [1.165, 1.54) is 17.5 Å². The Morgan fingerprint density at radius 3 is 2.48 bits per heavy atom. The van der Waals surface area contributed by atoms with Crippen LogP contribution in [-0.4, -0.2) is 25.4 Å². The van der Waals surface area contributed by atoms with Crippen LogP contribution < -0.4 is 10.5 Å². The van der Waals surface area contributed by atoms with Crippen LogP contribution in [0.2, 0.25) is 0 Å². The Bertz CT molecular complexity index is 811. The van der Waals surface area contributed by atoms with Gasteiger partial charge in [-0.05, 0) is 18.2 Å². The van der Waals surface area contributed by atoms with Gasteiger partial charge in [0.25, 0.3) is 15.9 Å². The van der Waals surface area contributed by atoms with Gasteiger partial charge in [-0.15, -0.1) is 11.3 Å². The monoisotopic (exact) mass is 326 g/mol. The fourth-order valence-electron chi connectivity index (χ4n) is 1.56. The maximum Gasteiger partial charge on any atom is 0.345 e. The van der Waals surface area contributed by atoms with E-state index < -0.39 is 21.9 Å². The summed E-state index contributed by atoms with van der Waals surface area (Å²) in [4.78, 5) is 21.7. The van der Waals surface area contributed by atoms with E-state index in [0.29, 0.717) is 0 Å². The third-order valence-corrected chi connectivity index (χ3v) is 4.95. The quantitative estimate of drug-likeness (QED) is 0.764. The number of anilines is 1. The number of primary amides is 1. The molecule has 0 saturated carbocycles. The summed E-state index contributed by atoms with van der Waals surface area (Å²) in [6.07, 6.45) is 0. The molecule has 0 spiro atoms. The van der Waals surface area contributed by atoms with Crippen molar-refractivity contribution in [2.75, 3.05) is 4.72 Å². The highest BCUT2D eigenvalue weighted by atomic mass is 32.2. The van der Waals surface area contributed by atoms with Gasteiger partial charge in [-0.1, -0.05) is 12.1 Å². The molecule has 0 fully saturated rings. The van der Waals surface area contributed by atoms with Crippen molar-refractivity contribution in [1.82, 2.24) is 0 Å². The van der Waals surface area contributed by atoms with Crippen LogP contribution in [0.25, 0.3) is 0 Å². The molecule has 0 unspecified atom stereocenters. The van der Waals surface area contributed by atoms with Gasteiger partial charge in [0.05, 0.1) is 16.1 Å². The molecule has 0 atom stereocenters. The number of carbonyl (C=O) groups excluding carboxylic acids is 1. The molecule has 0 radical (unpaired) electrons. The number of sulfonamides is 1. The number of benzene rings is 1. The van der Waals surface area contributed by atoms with Gasteiger partial charge in [0.2, 0.25) is 0 Å². The highest BCUT2D eigenvalue weighted by Gasteiger charge is 2.20. The predicted octanol–water partition coefficient (Wildman–Crippen LogP) is 1.35. The first-order valence-corrected chi connectivity index (χ1v) is 7.91. The minimum atomic E-state index is -3.99. The van der Waals surface area contributed by atoms with Crippen LogP contribution in [0.3, 0.4) is 0 Å². The molecule has 0 bridgehead atoms. The van der Waals surface area contributed by atoms with E-state index in [0.717, 1.165) is 17.4 Å². The van der Waals surface area contributed by atoms with Crippen molar-refractivity contribution in [3.63, 3.8) is 0 Å². The van der Waals surface area contributed by atoms with Crippen LogP contribution in [0, 0.1) is 0 Å². The van der Waals surface area contributed by atoms with Gasteiger partial charge in [-0.25, -0.2) is 13.2 Å². The Balaban J connectivity index is 2.37. The van der Waals surface area contributed by atoms with Gasteiger partial charge in [-0.3, -0.25) is 9.52 Å². The molecule has 1 aromatic heterocycles. The lowest BCUT2D eigenvalue weighted by atomic mass is 10.2. The zero-order valence-corrected chi connectivity index (χ0v) is 12.1. The Labute approximate surface area is 124 Å². The van der Waals surface area contributed by atoms with Crippen molar-refractivity contribution < 1.29 is 23.1 Å². The third-order valence-electron chi connectivity index (χ3n) is 2.53. The smallest absolute Gasteiger partial charge is 0.345 e. The van der Waals surface area contributed by atoms with Gasteiger partial charge in [-0.2, -0.15) is 0 Å². The summed E-state index contributed by atoms with van der Waals surface area (Å²) >= 11 is 0.795. The fraction of sp³-hybridized carbons (Fsp3) is 0. The Morgan fingerprint density at radius 2 is 1.90 bits per heavy atom. The summed E-state index contributed by atoms with van der Waals surface area (Å²) in [5, 5.41) is 10.0. The minimum Gasteiger partial charge on any atom is -0.477 e. The van der Waals surface area contributed by atoms with Crippen LogP contribution in [0.4, 0.5) is 5.69 Å². The van der Waals surface area contributed by atoms with Gasteiger partial charge in [0, 0.05) is 5.38 Å². The first-order valence-electron chi connectivity index (χ1n) is 5.55. The van der Waals surface area contributed by atoms with Crippen molar-refractivity contribution in [3.05, 3.63) is 46.2 Å². The average molecular weight is 326 g/mol. The van der Waals surface area contributed by atoms with Crippen LogP contribution >= 0.6 is 11.3 Å². The summed E-state index contributed by atoms with van der Waals surface area (Å²) in [7, 11) is -3.99. The fourth-order valence-corrected chi connectivity index (χ4v) is 3.75. The number of rotatable bonds is 5. The molecule has 0 aliphatic carbocycles. The predicted molar refractivity (Wildman–Crippen MR) is 77.0 cm³/mol. The zero-order chi connectivity index (χ0) is 15.6. The third kappa shape index (κ3) is 3.20. The van der Waals surface area contributed by atoms with Crippen LogP contribution in [0.5, 0.6) is 0 Å². The topological polar surface area (TPSA) is 127 Å². The molecule has 7 nitrogen and oxygen atoms in total. The summed E-state index contributed by atoms with van der Waals surface area (Å²) in [5.74, 6) is -1.98. The van der Waals surface area contributed by atoms with Gasteiger partial charge in [0.1, 0.15) is 4.88 Å². The molecule has 1 amide bonds. The maximum atomic E-state index is 12.2. The maximum absolute atomic E-state index is 12.2. The summed E-state index contributed by atoms with van der Waals surface area (Å²) in [5.41, 5.74) is 5.22. The number of nitrogens with two attached hydrogens (primary N) is 1. The second kappa shape index (κ2) is 5.54. The highest BCUT2D eigenvalue weighted by molar-refractivity contribution is 7.92. The molecule has 4 N–H and O–H groups in total. The Hall–Kier alpha value is -2.39. The van der Waals surface area contributed by atoms with Crippen molar-refractivity contribution in [3.8, 4) is 0 Å². The largest absolute Gasteiger partial charge is 0.477 e. The number of carbonyl (C=O) groups is 2. The molecule has 1 heterocycles. The van der Waals surface area contributed by atoms with Gasteiger partial charge in [0.15, 0.2) is 0 Å². The molecular weight excluding hydrogens is 316 g/mol. The molecular formula is C12H10N2O5S2. The first kappa shape index (κ1) is 15.0. The summed E-state index contributed by atoms with van der Waals surface area (Å²) < 4.78 is 26.5. The van der Waals surface area contributed by atoms with E-state index in [1.807, 2.05) is 0 Å². The molecule has 0 aliphatic rings. The normalized spacial score (nSPS) is 11.0. The molecule has 0 aliphatic heterocycles. The lowest BCUT2D eigenvalue weighted by molar-refractivity contribution is 0.0701. The second-order valence-electron chi connectivity index (χ2n) is 3.97. The summed E-state index contributed by atoms with van der Waals surface area (Å²) in [6.45, 7) is 0. The van der Waals surface area contributed by atoms with E-state index >= 15 is 0 Å². The molecule has 0 saturated heterocycles. The minimum absolute atomic E-state index is 0.0229. The average Bonchev–Trinajstić information content (AvgIpc) is 2.89. The van der Waals surface area contributed by atoms with Gasteiger partial charge < -0.3 is 10.8 Å². The number of hydrogen-bond donors (Lipinski definition) is 3.